The fourth-order valence-corrected chi connectivity index (χ4v) is 4.41. The molecule has 3 rings (SSSR count). The van der Waals surface area contributed by atoms with Crippen molar-refractivity contribution >= 4 is 17.7 Å². The van der Waals surface area contributed by atoms with Gasteiger partial charge in [0.25, 0.3) is 0 Å². The molecular formula is C25H31F6N7O3. The Kier molecular flexibility index (Phi) is 9.99. The minimum Gasteiger partial charge on any atom is -0.351 e. The Hall–Kier alpha value is -3.69. The van der Waals surface area contributed by atoms with E-state index in [1.807, 2.05) is 13.8 Å². The van der Waals surface area contributed by atoms with Gasteiger partial charge in [0.05, 0.1) is 12.6 Å². The minimum atomic E-state index is -4.73. The van der Waals surface area contributed by atoms with Crippen LogP contribution in [0.3, 0.4) is 0 Å². The maximum Gasteiger partial charge on any atom is 0.451 e. The average Bonchev–Trinajstić information content (AvgIpc) is 3.30. The summed E-state index contributed by atoms with van der Waals surface area (Å²) in [6.45, 7) is 4.42. The number of hydrogen-bond donors (Lipinski definition) is 3. The van der Waals surface area contributed by atoms with Gasteiger partial charge in [-0.15, -0.1) is 10.2 Å². The lowest BCUT2D eigenvalue weighted by Gasteiger charge is -2.30. The first-order valence-corrected chi connectivity index (χ1v) is 12.8. The lowest BCUT2D eigenvalue weighted by molar-refractivity contribution is -0.148. The fourth-order valence-electron chi connectivity index (χ4n) is 4.41. The summed E-state index contributed by atoms with van der Waals surface area (Å²) >= 11 is 0. The molecule has 0 spiro atoms. The molecule has 0 bridgehead atoms. The molecule has 0 fully saturated rings. The van der Waals surface area contributed by atoms with Gasteiger partial charge < -0.3 is 25.8 Å². The zero-order chi connectivity index (χ0) is 30.6. The predicted octanol–water partition coefficient (Wildman–Crippen LogP) is 2.05. The number of nitrogens with one attached hydrogen (secondary N) is 2. The molecule has 0 aliphatic carbocycles. The largest absolute Gasteiger partial charge is 0.451 e. The Morgan fingerprint density at radius 1 is 0.976 bits per heavy atom. The summed E-state index contributed by atoms with van der Waals surface area (Å²) < 4.78 is 82.0. The van der Waals surface area contributed by atoms with Crippen LogP contribution >= 0.6 is 0 Å². The summed E-state index contributed by atoms with van der Waals surface area (Å²) in [5.74, 6) is -7.02. The number of hydrogen-bond acceptors (Lipinski definition) is 6. The lowest BCUT2D eigenvalue weighted by atomic mass is 10.0. The second-order valence-corrected chi connectivity index (χ2v) is 10.3. The standard InChI is InChI=1S/C25H31F6N7O3/c1-12(2)6-19(32)23(41)33-13(3)22(40)34-15(7-14-8-17(27)18(28)10-16(14)26)9-21(39)37-4-5-38-20(11-37)35-36-24(38)25(29,30)31/h8,10,12-13,15,19H,4-7,9,11,32H2,1-3H3,(H,33,41)(H,34,40)/t13?,15-,19?/m1/s1. The van der Waals surface area contributed by atoms with Crippen LogP contribution < -0.4 is 16.4 Å². The molecule has 1 aliphatic rings. The van der Waals surface area contributed by atoms with E-state index in [1.54, 1.807) is 0 Å². The van der Waals surface area contributed by atoms with Gasteiger partial charge in [-0.3, -0.25) is 14.4 Å². The number of amides is 3. The zero-order valence-electron chi connectivity index (χ0n) is 22.6. The van der Waals surface area contributed by atoms with Crippen LogP contribution in [0.25, 0.3) is 0 Å². The van der Waals surface area contributed by atoms with Gasteiger partial charge in [-0.1, -0.05) is 13.8 Å². The summed E-state index contributed by atoms with van der Waals surface area (Å²) in [4.78, 5) is 39.6. The van der Waals surface area contributed by atoms with E-state index in [0.29, 0.717) is 18.6 Å². The van der Waals surface area contributed by atoms with E-state index >= 15 is 0 Å². The summed E-state index contributed by atoms with van der Waals surface area (Å²) in [5, 5.41) is 11.6. The first-order chi connectivity index (χ1) is 19.1. The zero-order valence-corrected chi connectivity index (χ0v) is 22.6. The first kappa shape index (κ1) is 31.8. The van der Waals surface area contributed by atoms with Gasteiger partial charge in [-0.25, -0.2) is 13.2 Å². The Balaban J connectivity index is 1.75. The molecular weight excluding hydrogens is 560 g/mol. The Morgan fingerprint density at radius 3 is 2.27 bits per heavy atom. The molecule has 1 aliphatic heterocycles. The highest BCUT2D eigenvalue weighted by Crippen LogP contribution is 2.29. The smallest absolute Gasteiger partial charge is 0.351 e. The van der Waals surface area contributed by atoms with E-state index in [-0.39, 0.29) is 36.9 Å². The highest BCUT2D eigenvalue weighted by molar-refractivity contribution is 5.89. The van der Waals surface area contributed by atoms with Gasteiger partial charge in [-0.2, -0.15) is 13.2 Å². The van der Waals surface area contributed by atoms with Crippen LogP contribution in [-0.2, 0) is 40.1 Å². The summed E-state index contributed by atoms with van der Waals surface area (Å²) in [7, 11) is 0. The molecule has 1 aromatic heterocycles. The van der Waals surface area contributed by atoms with Crippen LogP contribution in [0, 0.1) is 23.4 Å². The molecule has 226 valence electrons. The number of nitrogens with zero attached hydrogens (tertiary/aromatic N) is 4. The molecule has 2 aromatic rings. The quantitative estimate of drug-likeness (QED) is 0.286. The van der Waals surface area contributed by atoms with Gasteiger partial charge in [-0.05, 0) is 37.3 Å². The van der Waals surface area contributed by atoms with Crippen LogP contribution in [0.15, 0.2) is 12.1 Å². The van der Waals surface area contributed by atoms with Gasteiger partial charge in [0, 0.05) is 31.6 Å². The summed E-state index contributed by atoms with van der Waals surface area (Å²) in [5.41, 5.74) is 5.52. The topological polar surface area (TPSA) is 135 Å². The maximum absolute atomic E-state index is 14.4. The number of carbonyl (C=O) groups excluding carboxylic acids is 3. The van der Waals surface area contributed by atoms with Gasteiger partial charge in [0.1, 0.15) is 11.9 Å². The molecule has 1 aromatic carbocycles. The molecule has 3 amide bonds. The third-order valence-electron chi connectivity index (χ3n) is 6.50. The Morgan fingerprint density at radius 2 is 1.63 bits per heavy atom. The van der Waals surface area contributed by atoms with Crippen molar-refractivity contribution in [2.75, 3.05) is 6.54 Å². The fraction of sp³-hybridized carbons (Fsp3) is 0.560. The number of benzene rings is 1. The van der Waals surface area contributed by atoms with Crippen molar-refractivity contribution in [1.29, 1.82) is 0 Å². The molecule has 10 nitrogen and oxygen atoms in total. The van der Waals surface area contributed by atoms with E-state index in [2.05, 4.69) is 20.8 Å². The second kappa shape index (κ2) is 12.9. The van der Waals surface area contributed by atoms with Crippen LogP contribution in [0.1, 0.15) is 50.8 Å². The average molecular weight is 592 g/mol. The molecule has 0 radical (unpaired) electrons. The molecule has 2 unspecified atom stereocenters. The van der Waals surface area contributed by atoms with Crippen LogP contribution in [0.5, 0.6) is 0 Å². The van der Waals surface area contributed by atoms with Crippen LogP contribution in [0.4, 0.5) is 26.3 Å². The highest BCUT2D eigenvalue weighted by atomic mass is 19.4. The molecule has 3 atom stereocenters. The molecule has 0 saturated carbocycles. The van der Waals surface area contributed by atoms with Crippen LogP contribution in [-0.4, -0.2) is 62.1 Å². The highest BCUT2D eigenvalue weighted by Gasteiger charge is 2.40. The predicted molar refractivity (Wildman–Crippen MR) is 132 cm³/mol. The van der Waals surface area contributed by atoms with Crippen molar-refractivity contribution in [3.05, 3.63) is 46.8 Å². The van der Waals surface area contributed by atoms with E-state index in [0.717, 1.165) is 4.57 Å². The molecule has 16 heteroatoms. The maximum atomic E-state index is 14.4. The molecule has 41 heavy (non-hydrogen) atoms. The lowest BCUT2D eigenvalue weighted by Crippen LogP contribution is -2.53. The number of carbonyl (C=O) groups is 3. The van der Waals surface area contributed by atoms with E-state index in [9.17, 15) is 40.7 Å². The summed E-state index contributed by atoms with van der Waals surface area (Å²) in [6.07, 6.45) is -5.28. The number of fused-ring (bicyclic) bond motifs is 1. The first-order valence-electron chi connectivity index (χ1n) is 12.8. The van der Waals surface area contributed by atoms with E-state index in [1.165, 1.54) is 11.8 Å². The number of aromatic nitrogens is 3. The van der Waals surface area contributed by atoms with Crippen LogP contribution in [0.2, 0.25) is 0 Å². The van der Waals surface area contributed by atoms with Gasteiger partial charge in [0.2, 0.25) is 23.5 Å². The van der Waals surface area contributed by atoms with Crippen molar-refractivity contribution in [2.45, 2.75) is 77.4 Å². The third-order valence-corrected chi connectivity index (χ3v) is 6.50. The monoisotopic (exact) mass is 591 g/mol. The summed E-state index contributed by atoms with van der Waals surface area (Å²) in [6, 6.07) is -2.23. The van der Waals surface area contributed by atoms with Crippen molar-refractivity contribution in [1.82, 2.24) is 30.3 Å². The number of alkyl halides is 3. The van der Waals surface area contributed by atoms with Crippen molar-refractivity contribution < 1.29 is 40.7 Å². The normalized spacial score (nSPS) is 15.7. The van der Waals surface area contributed by atoms with E-state index < -0.39 is 78.1 Å². The number of nitrogens with two attached hydrogens (primary N) is 1. The number of rotatable bonds is 10. The minimum absolute atomic E-state index is 0.0989. The van der Waals surface area contributed by atoms with Crippen molar-refractivity contribution in [2.24, 2.45) is 11.7 Å². The van der Waals surface area contributed by atoms with E-state index in [4.69, 9.17) is 5.73 Å². The van der Waals surface area contributed by atoms with Crippen molar-refractivity contribution in [3.8, 4) is 0 Å². The van der Waals surface area contributed by atoms with Gasteiger partial charge in [0.15, 0.2) is 17.5 Å². The Labute approximate surface area is 231 Å². The number of halogens is 6. The second-order valence-electron chi connectivity index (χ2n) is 10.3. The molecule has 0 saturated heterocycles. The molecule has 2 heterocycles. The molecule has 4 N–H and O–H groups in total. The Bertz CT molecular complexity index is 1280. The SMILES string of the molecule is CC(C)CC(N)C(=O)NC(C)C(=O)N[C@@H](CC(=O)N1CCn2c(nnc2C(F)(F)F)C1)Cc1cc(F)c(F)cc1F. The van der Waals surface area contributed by atoms with Gasteiger partial charge >= 0.3 is 6.18 Å². The van der Waals surface area contributed by atoms with Crippen molar-refractivity contribution in [3.63, 3.8) is 0 Å². The third kappa shape index (κ3) is 8.17.